The third-order valence-electron chi connectivity index (χ3n) is 3.37. The van der Waals surface area contributed by atoms with Gasteiger partial charge < -0.3 is 9.72 Å². The van der Waals surface area contributed by atoms with Crippen molar-refractivity contribution in [3.8, 4) is 0 Å². The number of hydrogen-bond acceptors (Lipinski definition) is 2. The van der Waals surface area contributed by atoms with Gasteiger partial charge in [0.2, 0.25) is 0 Å². The van der Waals surface area contributed by atoms with Gasteiger partial charge in [-0.1, -0.05) is 20.3 Å². The number of rotatable bonds is 5. The fourth-order valence-electron chi connectivity index (χ4n) is 2.16. The lowest BCUT2D eigenvalue weighted by Gasteiger charge is -2.05. The van der Waals surface area contributed by atoms with Crippen molar-refractivity contribution in [1.29, 1.82) is 0 Å². The molecule has 0 saturated heterocycles. The van der Waals surface area contributed by atoms with E-state index in [1.54, 1.807) is 0 Å². The molecule has 0 aliphatic rings. The summed E-state index contributed by atoms with van der Waals surface area (Å²) in [5.41, 5.74) is 3.79. The first-order valence-electron chi connectivity index (χ1n) is 6.93. The predicted octanol–water partition coefficient (Wildman–Crippen LogP) is 2.74. The lowest BCUT2D eigenvalue weighted by molar-refractivity contribution is 0.0952. The fraction of sp³-hybridized carbons (Fsp3) is 0.467. The second-order valence-corrected chi connectivity index (χ2v) is 4.75. The molecule has 102 valence electrons. The molecule has 2 aromatic heterocycles. The number of aromatic nitrogens is 2. The second-order valence-electron chi connectivity index (χ2n) is 4.75. The largest absolute Gasteiger partial charge is 0.352 e. The molecule has 0 saturated carbocycles. The quantitative estimate of drug-likeness (QED) is 0.839. The van der Waals surface area contributed by atoms with Gasteiger partial charge in [-0.05, 0) is 31.9 Å². The van der Waals surface area contributed by atoms with Gasteiger partial charge in [0.1, 0.15) is 5.65 Å². The third-order valence-corrected chi connectivity index (χ3v) is 3.37. The first kappa shape index (κ1) is 13.6. The van der Waals surface area contributed by atoms with Gasteiger partial charge in [0.25, 0.3) is 5.91 Å². The second kappa shape index (κ2) is 5.87. The van der Waals surface area contributed by atoms with Crippen molar-refractivity contribution in [1.82, 2.24) is 14.7 Å². The summed E-state index contributed by atoms with van der Waals surface area (Å²) in [6.45, 7) is 6.97. The van der Waals surface area contributed by atoms with Crippen LogP contribution in [-0.2, 0) is 6.42 Å². The van der Waals surface area contributed by atoms with Crippen LogP contribution >= 0.6 is 0 Å². The number of amides is 1. The van der Waals surface area contributed by atoms with Gasteiger partial charge in [0.15, 0.2) is 0 Å². The highest BCUT2D eigenvalue weighted by Gasteiger charge is 2.10. The topological polar surface area (TPSA) is 46.4 Å². The molecule has 1 amide bonds. The number of fused-ring (bicyclic) bond motifs is 1. The molecule has 0 bridgehead atoms. The number of carbonyl (C=O) groups excluding carboxylic acids is 1. The average molecular weight is 259 g/mol. The van der Waals surface area contributed by atoms with Crippen molar-refractivity contribution in [2.24, 2.45) is 0 Å². The molecular weight excluding hydrogens is 238 g/mol. The molecule has 4 heteroatoms. The first-order valence-corrected chi connectivity index (χ1v) is 6.93. The smallest absolute Gasteiger partial charge is 0.252 e. The van der Waals surface area contributed by atoms with Crippen molar-refractivity contribution in [3.05, 3.63) is 35.3 Å². The Kier molecular flexibility index (Phi) is 4.20. The summed E-state index contributed by atoms with van der Waals surface area (Å²) in [7, 11) is 0. The molecular formula is C15H21N3O. The van der Waals surface area contributed by atoms with E-state index in [-0.39, 0.29) is 5.91 Å². The number of imidazole rings is 1. The highest BCUT2D eigenvalue weighted by molar-refractivity contribution is 5.94. The summed E-state index contributed by atoms with van der Waals surface area (Å²) < 4.78 is 1.99. The Morgan fingerprint density at radius 1 is 1.37 bits per heavy atom. The van der Waals surface area contributed by atoms with Gasteiger partial charge in [0, 0.05) is 18.4 Å². The van der Waals surface area contributed by atoms with Crippen LogP contribution in [0.15, 0.2) is 18.3 Å². The summed E-state index contributed by atoms with van der Waals surface area (Å²) in [6, 6.07) is 3.74. The van der Waals surface area contributed by atoms with Crippen LogP contribution in [0.3, 0.4) is 0 Å². The van der Waals surface area contributed by atoms with Gasteiger partial charge >= 0.3 is 0 Å². The van der Waals surface area contributed by atoms with Crippen LogP contribution in [0.1, 0.15) is 48.4 Å². The lowest BCUT2D eigenvalue weighted by atomic mass is 10.2. The van der Waals surface area contributed by atoms with Gasteiger partial charge in [-0.15, -0.1) is 0 Å². The van der Waals surface area contributed by atoms with Crippen LogP contribution in [0, 0.1) is 6.92 Å². The van der Waals surface area contributed by atoms with Gasteiger partial charge in [0.05, 0.1) is 11.3 Å². The van der Waals surface area contributed by atoms with E-state index in [9.17, 15) is 4.79 Å². The van der Waals surface area contributed by atoms with Gasteiger partial charge in [-0.2, -0.15) is 0 Å². The fourth-order valence-corrected chi connectivity index (χ4v) is 2.16. The van der Waals surface area contributed by atoms with E-state index in [0.717, 1.165) is 42.8 Å². The third kappa shape index (κ3) is 2.78. The average Bonchev–Trinajstić information content (AvgIpc) is 2.75. The standard InChI is InChI=1S/C15H21N3O/c1-4-6-9-16-15(19)12-7-8-14-17-13(5-2)11(3)18(14)10-12/h7-8,10H,4-6,9H2,1-3H3,(H,16,19). The summed E-state index contributed by atoms with van der Waals surface area (Å²) in [4.78, 5) is 16.5. The number of carbonyl (C=O) groups is 1. The van der Waals surface area contributed by atoms with Crippen molar-refractivity contribution in [2.75, 3.05) is 6.54 Å². The summed E-state index contributed by atoms with van der Waals surface area (Å²) >= 11 is 0. The number of aryl methyl sites for hydroxylation is 2. The van der Waals surface area contributed by atoms with Crippen molar-refractivity contribution in [3.63, 3.8) is 0 Å². The monoisotopic (exact) mass is 259 g/mol. The molecule has 0 atom stereocenters. The van der Waals surface area contributed by atoms with E-state index < -0.39 is 0 Å². The van der Waals surface area contributed by atoms with Gasteiger partial charge in [-0.3, -0.25) is 4.79 Å². The van der Waals surface area contributed by atoms with Crippen LogP contribution in [0.4, 0.5) is 0 Å². The van der Waals surface area contributed by atoms with E-state index >= 15 is 0 Å². The maximum Gasteiger partial charge on any atom is 0.252 e. The van der Waals surface area contributed by atoms with Crippen LogP contribution < -0.4 is 5.32 Å². The number of unbranched alkanes of at least 4 members (excludes halogenated alkanes) is 1. The van der Waals surface area contributed by atoms with E-state index in [1.807, 2.05) is 29.7 Å². The van der Waals surface area contributed by atoms with Crippen molar-refractivity contribution >= 4 is 11.6 Å². The summed E-state index contributed by atoms with van der Waals surface area (Å²) in [5.74, 6) is -0.0125. The highest BCUT2D eigenvalue weighted by atomic mass is 16.1. The molecule has 2 rings (SSSR count). The van der Waals surface area contributed by atoms with E-state index in [4.69, 9.17) is 0 Å². The Bertz CT molecular complexity index is 586. The molecule has 0 aliphatic carbocycles. The first-order chi connectivity index (χ1) is 9.17. The molecule has 2 aromatic rings. The predicted molar refractivity (Wildman–Crippen MR) is 76.5 cm³/mol. The van der Waals surface area contributed by atoms with Crippen molar-refractivity contribution < 1.29 is 4.79 Å². The molecule has 0 aromatic carbocycles. The molecule has 0 unspecified atom stereocenters. The Balaban J connectivity index is 2.25. The zero-order valence-electron chi connectivity index (χ0n) is 11.9. The zero-order chi connectivity index (χ0) is 13.8. The molecule has 0 spiro atoms. The Labute approximate surface area is 113 Å². The van der Waals surface area contributed by atoms with Crippen molar-refractivity contribution in [2.45, 2.75) is 40.0 Å². The molecule has 0 aliphatic heterocycles. The molecule has 4 nitrogen and oxygen atoms in total. The van der Waals surface area contributed by atoms with E-state index in [2.05, 4.69) is 24.1 Å². The maximum atomic E-state index is 12.0. The minimum Gasteiger partial charge on any atom is -0.352 e. The lowest BCUT2D eigenvalue weighted by Crippen LogP contribution is -2.24. The minimum atomic E-state index is -0.0125. The maximum absolute atomic E-state index is 12.0. The molecule has 2 heterocycles. The molecule has 1 N–H and O–H groups in total. The van der Waals surface area contributed by atoms with Crippen LogP contribution in [-0.4, -0.2) is 21.8 Å². The number of nitrogens with zero attached hydrogens (tertiary/aromatic N) is 2. The van der Waals surface area contributed by atoms with E-state index in [1.165, 1.54) is 0 Å². The van der Waals surface area contributed by atoms with Crippen LogP contribution in [0.25, 0.3) is 5.65 Å². The summed E-state index contributed by atoms with van der Waals surface area (Å²) in [5, 5.41) is 2.93. The summed E-state index contributed by atoms with van der Waals surface area (Å²) in [6.07, 6.45) is 4.88. The van der Waals surface area contributed by atoms with Crippen LogP contribution in [0.2, 0.25) is 0 Å². The normalized spacial score (nSPS) is 10.9. The van der Waals surface area contributed by atoms with Crippen LogP contribution in [0.5, 0.6) is 0 Å². The Morgan fingerprint density at radius 2 is 2.16 bits per heavy atom. The molecule has 19 heavy (non-hydrogen) atoms. The minimum absolute atomic E-state index is 0.0125. The highest BCUT2D eigenvalue weighted by Crippen LogP contribution is 2.13. The Hall–Kier alpha value is -1.84. The Morgan fingerprint density at radius 3 is 2.84 bits per heavy atom. The molecule has 0 fully saturated rings. The number of pyridine rings is 1. The number of nitrogens with one attached hydrogen (secondary N) is 1. The molecule has 0 radical (unpaired) electrons. The van der Waals surface area contributed by atoms with Gasteiger partial charge in [-0.25, -0.2) is 4.98 Å². The van der Waals surface area contributed by atoms with E-state index in [0.29, 0.717) is 5.56 Å². The SMILES string of the molecule is CCCCNC(=O)c1ccc2nc(CC)c(C)n2c1. The number of hydrogen-bond donors (Lipinski definition) is 1. The zero-order valence-corrected chi connectivity index (χ0v) is 11.9.